The third kappa shape index (κ3) is 6.72. The monoisotopic (exact) mass is 382 g/mol. The first-order valence-corrected chi connectivity index (χ1v) is 10.8. The molecular weight excluding hydrogens is 352 g/mol. The molecule has 0 saturated carbocycles. The Labute approximate surface area is 161 Å². The van der Waals surface area contributed by atoms with Gasteiger partial charge in [-0.1, -0.05) is 30.7 Å². The van der Waals surface area contributed by atoms with Crippen LogP contribution in [0.2, 0.25) is 5.02 Å². The molecule has 1 aromatic rings. The number of nitrogens with one attached hydrogen (secondary N) is 2. The van der Waals surface area contributed by atoms with Crippen molar-refractivity contribution in [2.24, 2.45) is 4.99 Å². The van der Waals surface area contributed by atoms with Crippen LogP contribution in [0.15, 0.2) is 29.3 Å². The number of guanidine groups is 1. The Kier molecular flexibility index (Phi) is 8.93. The molecular formula is C19H31ClN4S. The molecule has 4 nitrogen and oxygen atoms in total. The first kappa shape index (κ1) is 20.4. The van der Waals surface area contributed by atoms with Crippen LogP contribution in [-0.2, 0) is 0 Å². The van der Waals surface area contributed by atoms with Gasteiger partial charge in [-0.25, -0.2) is 0 Å². The Bertz CT molecular complexity index is 544. The number of hydrogen-bond acceptors (Lipinski definition) is 3. The van der Waals surface area contributed by atoms with Crippen molar-refractivity contribution in [3.05, 3.63) is 34.9 Å². The number of rotatable bonds is 7. The smallest absolute Gasteiger partial charge is 0.191 e. The fraction of sp³-hybridized carbons (Fsp3) is 0.632. The third-order valence-electron chi connectivity index (χ3n) is 4.65. The number of thioether (sulfide) groups is 1. The predicted molar refractivity (Wildman–Crippen MR) is 112 cm³/mol. The molecule has 6 heteroatoms. The summed E-state index contributed by atoms with van der Waals surface area (Å²) in [4.78, 5) is 6.95. The maximum absolute atomic E-state index is 6.13. The van der Waals surface area contributed by atoms with Crippen LogP contribution in [0.1, 0.15) is 37.0 Å². The fourth-order valence-electron chi connectivity index (χ4n) is 3.24. The average molecular weight is 383 g/mol. The molecule has 0 bridgehead atoms. The molecule has 0 radical (unpaired) electrons. The highest BCUT2D eigenvalue weighted by Gasteiger charge is 2.19. The van der Waals surface area contributed by atoms with Gasteiger partial charge in [0.15, 0.2) is 5.96 Å². The van der Waals surface area contributed by atoms with Gasteiger partial charge in [-0.05, 0) is 49.8 Å². The van der Waals surface area contributed by atoms with Crippen molar-refractivity contribution in [3.63, 3.8) is 0 Å². The van der Waals surface area contributed by atoms with E-state index in [0.29, 0.717) is 11.3 Å². The van der Waals surface area contributed by atoms with E-state index in [-0.39, 0.29) is 0 Å². The van der Waals surface area contributed by atoms with Crippen LogP contribution in [0, 0.1) is 0 Å². The summed E-state index contributed by atoms with van der Waals surface area (Å²) in [6, 6.07) is 8.62. The Hall–Kier alpha value is -0.910. The van der Waals surface area contributed by atoms with Crippen molar-refractivity contribution in [2.45, 2.75) is 37.5 Å². The number of hydrogen-bond donors (Lipinski definition) is 2. The van der Waals surface area contributed by atoms with E-state index in [1.807, 2.05) is 37.0 Å². The second kappa shape index (κ2) is 10.9. The SMILES string of the molecule is CCCN1CCC(NC(=NC)NCC(SC)c2cccc(Cl)c2)CC1. The van der Waals surface area contributed by atoms with Gasteiger partial charge in [0.05, 0.1) is 0 Å². The molecule has 0 spiro atoms. The fourth-order valence-corrected chi connectivity index (χ4v) is 4.11. The van der Waals surface area contributed by atoms with E-state index in [1.54, 1.807) is 0 Å². The molecule has 0 aliphatic carbocycles. The molecule has 25 heavy (non-hydrogen) atoms. The molecule has 1 aliphatic rings. The zero-order valence-corrected chi connectivity index (χ0v) is 17.2. The lowest BCUT2D eigenvalue weighted by Gasteiger charge is -2.33. The summed E-state index contributed by atoms with van der Waals surface area (Å²) in [5, 5.41) is 8.21. The third-order valence-corrected chi connectivity index (χ3v) is 5.89. The first-order chi connectivity index (χ1) is 12.2. The van der Waals surface area contributed by atoms with Crippen LogP contribution in [0.5, 0.6) is 0 Å². The molecule has 1 fully saturated rings. The molecule has 0 amide bonds. The van der Waals surface area contributed by atoms with Gasteiger partial charge >= 0.3 is 0 Å². The van der Waals surface area contributed by atoms with Gasteiger partial charge in [0.25, 0.3) is 0 Å². The highest BCUT2D eigenvalue weighted by atomic mass is 35.5. The number of likely N-dealkylation sites (tertiary alicyclic amines) is 1. The number of piperidine rings is 1. The Morgan fingerprint density at radius 3 is 2.76 bits per heavy atom. The molecule has 1 heterocycles. The Balaban J connectivity index is 1.81. The van der Waals surface area contributed by atoms with Gasteiger partial charge in [-0.15, -0.1) is 0 Å². The van der Waals surface area contributed by atoms with Gasteiger partial charge in [0.1, 0.15) is 0 Å². The topological polar surface area (TPSA) is 39.7 Å². The van der Waals surface area contributed by atoms with Gasteiger partial charge in [-0.3, -0.25) is 4.99 Å². The highest BCUT2D eigenvalue weighted by Crippen LogP contribution is 2.27. The summed E-state index contributed by atoms with van der Waals surface area (Å²) < 4.78 is 0. The molecule has 1 unspecified atom stereocenters. The van der Waals surface area contributed by atoms with E-state index in [2.05, 4.69) is 39.8 Å². The maximum Gasteiger partial charge on any atom is 0.191 e. The minimum atomic E-state index is 0.351. The molecule has 1 saturated heterocycles. The zero-order valence-electron chi connectivity index (χ0n) is 15.6. The van der Waals surface area contributed by atoms with E-state index in [4.69, 9.17) is 11.6 Å². The van der Waals surface area contributed by atoms with Crippen molar-refractivity contribution in [1.82, 2.24) is 15.5 Å². The lowest BCUT2D eigenvalue weighted by molar-refractivity contribution is 0.206. The second-order valence-electron chi connectivity index (χ2n) is 6.49. The Morgan fingerprint density at radius 2 is 2.16 bits per heavy atom. The van der Waals surface area contributed by atoms with Crippen LogP contribution in [0.25, 0.3) is 0 Å². The van der Waals surface area contributed by atoms with Crippen LogP contribution >= 0.6 is 23.4 Å². The van der Waals surface area contributed by atoms with Gasteiger partial charge < -0.3 is 15.5 Å². The van der Waals surface area contributed by atoms with Crippen LogP contribution in [0.4, 0.5) is 0 Å². The van der Waals surface area contributed by atoms with Crippen LogP contribution < -0.4 is 10.6 Å². The minimum absolute atomic E-state index is 0.351. The first-order valence-electron chi connectivity index (χ1n) is 9.14. The molecule has 2 rings (SSSR count). The average Bonchev–Trinajstić information content (AvgIpc) is 2.63. The minimum Gasteiger partial charge on any atom is -0.355 e. The normalized spacial score (nSPS) is 18.2. The van der Waals surface area contributed by atoms with Crippen LogP contribution in [-0.4, -0.2) is 56.4 Å². The molecule has 2 N–H and O–H groups in total. The highest BCUT2D eigenvalue weighted by molar-refractivity contribution is 7.98. The summed E-state index contributed by atoms with van der Waals surface area (Å²) >= 11 is 7.95. The van der Waals surface area contributed by atoms with Crippen molar-refractivity contribution < 1.29 is 0 Å². The maximum atomic E-state index is 6.13. The number of nitrogens with zero attached hydrogens (tertiary/aromatic N) is 2. The van der Waals surface area contributed by atoms with E-state index in [1.165, 1.54) is 44.5 Å². The molecule has 1 aromatic carbocycles. The zero-order chi connectivity index (χ0) is 18.1. The second-order valence-corrected chi connectivity index (χ2v) is 7.97. The Morgan fingerprint density at radius 1 is 1.40 bits per heavy atom. The standard InChI is InChI=1S/C19H31ClN4S/c1-4-10-24-11-8-17(9-12-24)23-19(21-2)22-14-18(25-3)15-6-5-7-16(20)13-15/h5-7,13,17-18H,4,8-12,14H2,1-3H3,(H2,21,22,23). The van der Waals surface area contributed by atoms with E-state index in [9.17, 15) is 0 Å². The molecule has 0 aromatic heterocycles. The summed E-state index contributed by atoms with van der Waals surface area (Å²) in [5.74, 6) is 0.898. The summed E-state index contributed by atoms with van der Waals surface area (Å²) in [7, 11) is 1.84. The summed E-state index contributed by atoms with van der Waals surface area (Å²) in [6.07, 6.45) is 5.73. The lowest BCUT2D eigenvalue weighted by atomic mass is 10.1. The van der Waals surface area contributed by atoms with E-state index >= 15 is 0 Å². The van der Waals surface area contributed by atoms with Crippen molar-refractivity contribution >= 4 is 29.3 Å². The lowest BCUT2D eigenvalue weighted by Crippen LogP contribution is -2.49. The number of halogens is 1. The van der Waals surface area contributed by atoms with Gasteiger partial charge in [-0.2, -0.15) is 11.8 Å². The molecule has 1 aliphatic heterocycles. The van der Waals surface area contributed by atoms with Crippen LogP contribution in [0.3, 0.4) is 0 Å². The number of aliphatic imine (C=N–C) groups is 1. The summed E-state index contributed by atoms with van der Waals surface area (Å²) in [6.45, 7) is 6.65. The largest absolute Gasteiger partial charge is 0.355 e. The van der Waals surface area contributed by atoms with Crippen molar-refractivity contribution in [2.75, 3.05) is 39.5 Å². The number of benzene rings is 1. The van der Waals surface area contributed by atoms with Gasteiger partial charge in [0, 0.05) is 43.0 Å². The molecule has 1 atom stereocenters. The van der Waals surface area contributed by atoms with E-state index in [0.717, 1.165) is 17.5 Å². The van der Waals surface area contributed by atoms with Crippen molar-refractivity contribution in [1.29, 1.82) is 0 Å². The van der Waals surface area contributed by atoms with E-state index < -0.39 is 0 Å². The van der Waals surface area contributed by atoms with Gasteiger partial charge in [0.2, 0.25) is 0 Å². The summed E-state index contributed by atoms with van der Waals surface area (Å²) in [5.41, 5.74) is 1.25. The van der Waals surface area contributed by atoms with Crippen molar-refractivity contribution in [3.8, 4) is 0 Å². The quantitative estimate of drug-likeness (QED) is 0.556. The predicted octanol–water partition coefficient (Wildman–Crippen LogP) is 3.78. The molecule has 140 valence electrons.